The molecule has 0 spiro atoms. The predicted molar refractivity (Wildman–Crippen MR) is 66.8 cm³/mol. The summed E-state index contributed by atoms with van der Waals surface area (Å²) < 4.78 is 2.30. The van der Waals surface area contributed by atoms with E-state index in [1.54, 1.807) is 0 Å². The van der Waals surface area contributed by atoms with Crippen LogP contribution in [0.5, 0.6) is 0 Å². The Balaban J connectivity index is 2.12. The standard InChI is InChI=1S/C13H17N3O/c1-8-15-11-6-9(13(17)7-14)2-5-12(11)16(8)10-3-4-10/h2,5-6,10,13,17H,3-4,7,14H2,1H3. The summed E-state index contributed by atoms with van der Waals surface area (Å²) in [4.78, 5) is 4.56. The lowest BCUT2D eigenvalue weighted by Crippen LogP contribution is -2.11. The van der Waals surface area contributed by atoms with Gasteiger partial charge >= 0.3 is 0 Å². The summed E-state index contributed by atoms with van der Waals surface area (Å²) >= 11 is 0. The van der Waals surface area contributed by atoms with E-state index in [9.17, 15) is 5.11 Å². The lowest BCUT2D eigenvalue weighted by atomic mass is 10.1. The smallest absolute Gasteiger partial charge is 0.106 e. The minimum absolute atomic E-state index is 0.244. The minimum atomic E-state index is -0.592. The first-order chi connectivity index (χ1) is 8.20. The van der Waals surface area contributed by atoms with Gasteiger partial charge in [-0.15, -0.1) is 0 Å². The van der Waals surface area contributed by atoms with Crippen molar-refractivity contribution in [3.8, 4) is 0 Å². The highest BCUT2D eigenvalue weighted by atomic mass is 16.3. The number of benzene rings is 1. The van der Waals surface area contributed by atoms with Crippen molar-refractivity contribution < 1.29 is 5.11 Å². The van der Waals surface area contributed by atoms with E-state index in [-0.39, 0.29) is 6.54 Å². The average molecular weight is 231 g/mol. The van der Waals surface area contributed by atoms with E-state index < -0.39 is 6.10 Å². The van der Waals surface area contributed by atoms with Crippen LogP contribution in [0.25, 0.3) is 11.0 Å². The number of nitrogens with two attached hydrogens (primary N) is 1. The number of hydrogen-bond donors (Lipinski definition) is 2. The zero-order valence-electron chi connectivity index (χ0n) is 9.93. The molecule has 0 amide bonds. The van der Waals surface area contributed by atoms with Gasteiger partial charge in [-0.1, -0.05) is 6.07 Å². The first-order valence-electron chi connectivity index (χ1n) is 6.07. The number of aromatic nitrogens is 2. The molecule has 4 heteroatoms. The third kappa shape index (κ3) is 1.73. The van der Waals surface area contributed by atoms with Crippen molar-refractivity contribution in [1.82, 2.24) is 9.55 Å². The van der Waals surface area contributed by atoms with Gasteiger partial charge in [0, 0.05) is 12.6 Å². The normalized spacial score (nSPS) is 17.6. The Kier molecular flexibility index (Phi) is 2.42. The van der Waals surface area contributed by atoms with Crippen LogP contribution in [0.2, 0.25) is 0 Å². The van der Waals surface area contributed by atoms with Crippen LogP contribution in [-0.2, 0) is 0 Å². The number of imidazole rings is 1. The summed E-state index contributed by atoms with van der Waals surface area (Å²) in [5, 5.41) is 9.73. The third-order valence-electron chi connectivity index (χ3n) is 3.41. The van der Waals surface area contributed by atoms with Gasteiger partial charge in [0.25, 0.3) is 0 Å². The van der Waals surface area contributed by atoms with Crippen molar-refractivity contribution in [2.75, 3.05) is 6.54 Å². The van der Waals surface area contributed by atoms with Crippen molar-refractivity contribution in [2.24, 2.45) is 5.73 Å². The van der Waals surface area contributed by atoms with Crippen LogP contribution in [0.1, 0.15) is 36.4 Å². The van der Waals surface area contributed by atoms with Gasteiger partial charge < -0.3 is 15.4 Å². The molecule has 1 unspecified atom stereocenters. The Labute approximate surface area is 100 Å². The van der Waals surface area contributed by atoms with E-state index in [0.717, 1.165) is 22.4 Å². The molecule has 0 saturated heterocycles. The van der Waals surface area contributed by atoms with Crippen LogP contribution in [-0.4, -0.2) is 21.2 Å². The molecule has 3 N–H and O–H groups in total. The summed E-state index contributed by atoms with van der Waals surface area (Å²) in [6.07, 6.45) is 1.91. The second-order valence-electron chi connectivity index (χ2n) is 4.76. The summed E-state index contributed by atoms with van der Waals surface area (Å²) in [6, 6.07) is 6.56. The first kappa shape index (κ1) is 10.7. The molecular formula is C13H17N3O. The maximum absolute atomic E-state index is 9.73. The minimum Gasteiger partial charge on any atom is -0.387 e. The molecule has 1 aromatic heterocycles. The number of nitrogens with zero attached hydrogens (tertiary/aromatic N) is 2. The number of rotatable bonds is 3. The van der Waals surface area contributed by atoms with Gasteiger partial charge in [0.15, 0.2) is 0 Å². The molecule has 1 aliphatic rings. The maximum atomic E-state index is 9.73. The lowest BCUT2D eigenvalue weighted by molar-refractivity contribution is 0.187. The lowest BCUT2D eigenvalue weighted by Gasteiger charge is -2.08. The van der Waals surface area contributed by atoms with Gasteiger partial charge in [-0.25, -0.2) is 4.98 Å². The second kappa shape index (κ2) is 3.82. The Morgan fingerprint density at radius 3 is 2.94 bits per heavy atom. The third-order valence-corrected chi connectivity index (χ3v) is 3.41. The Morgan fingerprint density at radius 1 is 1.53 bits per heavy atom. The average Bonchev–Trinajstić information content (AvgIpc) is 3.10. The monoisotopic (exact) mass is 231 g/mol. The van der Waals surface area contributed by atoms with Crippen molar-refractivity contribution in [3.05, 3.63) is 29.6 Å². The highest BCUT2D eigenvalue weighted by molar-refractivity contribution is 5.77. The molecular weight excluding hydrogens is 214 g/mol. The van der Waals surface area contributed by atoms with E-state index in [2.05, 4.69) is 9.55 Å². The molecule has 0 aliphatic heterocycles. The molecule has 1 saturated carbocycles. The molecule has 1 aromatic carbocycles. The van der Waals surface area contributed by atoms with Crippen LogP contribution in [0.4, 0.5) is 0 Å². The summed E-state index contributed by atoms with van der Waals surface area (Å²) in [5.74, 6) is 1.06. The second-order valence-corrected chi connectivity index (χ2v) is 4.76. The molecule has 1 heterocycles. The number of aliphatic hydroxyl groups excluding tert-OH is 1. The van der Waals surface area contributed by atoms with E-state index in [0.29, 0.717) is 6.04 Å². The summed E-state index contributed by atoms with van der Waals surface area (Å²) in [7, 11) is 0. The molecule has 1 atom stereocenters. The molecule has 1 aliphatic carbocycles. The number of hydrogen-bond acceptors (Lipinski definition) is 3. The SMILES string of the molecule is Cc1nc2cc(C(O)CN)ccc2n1C1CC1. The van der Waals surface area contributed by atoms with E-state index in [1.807, 2.05) is 25.1 Å². The van der Waals surface area contributed by atoms with Crippen LogP contribution in [0, 0.1) is 6.92 Å². The van der Waals surface area contributed by atoms with Crippen LogP contribution < -0.4 is 5.73 Å². The molecule has 17 heavy (non-hydrogen) atoms. The first-order valence-corrected chi connectivity index (χ1v) is 6.07. The molecule has 4 nitrogen and oxygen atoms in total. The summed E-state index contributed by atoms with van der Waals surface area (Å²) in [6.45, 7) is 2.28. The van der Waals surface area contributed by atoms with Gasteiger partial charge in [0.2, 0.25) is 0 Å². The van der Waals surface area contributed by atoms with Crippen LogP contribution in [0.15, 0.2) is 18.2 Å². The number of aryl methyl sites for hydroxylation is 1. The van der Waals surface area contributed by atoms with Gasteiger partial charge in [0.05, 0.1) is 17.1 Å². The van der Waals surface area contributed by atoms with E-state index in [1.165, 1.54) is 12.8 Å². The van der Waals surface area contributed by atoms with Gasteiger partial charge in [-0.05, 0) is 37.5 Å². The zero-order chi connectivity index (χ0) is 12.0. The fourth-order valence-corrected chi connectivity index (χ4v) is 2.37. The fourth-order valence-electron chi connectivity index (χ4n) is 2.37. The molecule has 1 fully saturated rings. The highest BCUT2D eigenvalue weighted by Gasteiger charge is 2.26. The van der Waals surface area contributed by atoms with Gasteiger partial charge in [-0.3, -0.25) is 0 Å². The highest BCUT2D eigenvalue weighted by Crippen LogP contribution is 2.38. The fraction of sp³-hybridized carbons (Fsp3) is 0.462. The maximum Gasteiger partial charge on any atom is 0.106 e. The van der Waals surface area contributed by atoms with Crippen LogP contribution in [0.3, 0.4) is 0 Å². The topological polar surface area (TPSA) is 64.1 Å². The number of fused-ring (bicyclic) bond motifs is 1. The van der Waals surface area contributed by atoms with Crippen molar-refractivity contribution in [1.29, 1.82) is 0 Å². The molecule has 0 radical (unpaired) electrons. The van der Waals surface area contributed by atoms with E-state index >= 15 is 0 Å². The predicted octanol–water partition coefficient (Wildman–Crippen LogP) is 1.67. The van der Waals surface area contributed by atoms with Gasteiger partial charge in [-0.2, -0.15) is 0 Å². The van der Waals surface area contributed by atoms with E-state index in [4.69, 9.17) is 5.73 Å². The summed E-state index contributed by atoms with van der Waals surface area (Å²) in [5.41, 5.74) is 8.44. The van der Waals surface area contributed by atoms with Gasteiger partial charge in [0.1, 0.15) is 5.82 Å². The number of aliphatic hydroxyl groups is 1. The van der Waals surface area contributed by atoms with Crippen LogP contribution >= 0.6 is 0 Å². The van der Waals surface area contributed by atoms with Crippen molar-refractivity contribution in [2.45, 2.75) is 31.9 Å². The van der Waals surface area contributed by atoms with Crippen molar-refractivity contribution >= 4 is 11.0 Å². The largest absolute Gasteiger partial charge is 0.387 e. The quantitative estimate of drug-likeness (QED) is 0.844. The molecule has 0 bridgehead atoms. The zero-order valence-corrected chi connectivity index (χ0v) is 9.93. The molecule has 3 rings (SSSR count). The van der Waals surface area contributed by atoms with Crippen molar-refractivity contribution in [3.63, 3.8) is 0 Å². The Hall–Kier alpha value is -1.39. The molecule has 2 aromatic rings. The Bertz CT molecular complexity index is 557. The molecule has 90 valence electrons. The Morgan fingerprint density at radius 2 is 2.29 bits per heavy atom.